The van der Waals surface area contributed by atoms with Crippen LogP contribution in [0.4, 0.5) is 14.5 Å². The lowest BCUT2D eigenvalue weighted by Gasteiger charge is -2.08. The van der Waals surface area contributed by atoms with Crippen LogP contribution in [0.15, 0.2) is 42.5 Å². The number of nitrogens with one attached hydrogen (secondary N) is 2. The van der Waals surface area contributed by atoms with Crippen LogP contribution < -0.4 is 16.6 Å². The third-order valence-electron chi connectivity index (χ3n) is 2.99. The van der Waals surface area contributed by atoms with Crippen molar-refractivity contribution in [2.45, 2.75) is 6.42 Å². The second-order valence-electron chi connectivity index (χ2n) is 4.45. The van der Waals surface area contributed by atoms with Crippen molar-refractivity contribution in [3.05, 3.63) is 65.2 Å². The lowest BCUT2D eigenvalue weighted by atomic mass is 10.1. The molecule has 0 aromatic heterocycles. The van der Waals surface area contributed by atoms with E-state index in [0.717, 1.165) is 17.7 Å². The maximum atomic E-state index is 13.5. The van der Waals surface area contributed by atoms with Gasteiger partial charge in [0.05, 0.1) is 0 Å². The molecule has 2 rings (SSSR count). The van der Waals surface area contributed by atoms with Crippen LogP contribution in [0.25, 0.3) is 0 Å². The zero-order chi connectivity index (χ0) is 15.2. The van der Waals surface area contributed by atoms with Gasteiger partial charge < -0.3 is 10.7 Å². The monoisotopic (exact) mass is 291 g/mol. The number of amides is 1. The van der Waals surface area contributed by atoms with Crippen molar-refractivity contribution in [1.29, 1.82) is 0 Å². The molecule has 0 aliphatic heterocycles. The predicted molar refractivity (Wildman–Crippen MR) is 76.6 cm³/mol. The van der Waals surface area contributed by atoms with Crippen molar-refractivity contribution >= 4 is 11.6 Å². The highest BCUT2D eigenvalue weighted by Gasteiger charge is 2.14. The molecule has 2 aromatic carbocycles. The molecule has 0 bridgehead atoms. The van der Waals surface area contributed by atoms with Crippen LogP contribution in [0.5, 0.6) is 0 Å². The summed E-state index contributed by atoms with van der Waals surface area (Å²) >= 11 is 0. The second kappa shape index (κ2) is 6.81. The van der Waals surface area contributed by atoms with Gasteiger partial charge in [0, 0.05) is 12.1 Å². The summed E-state index contributed by atoms with van der Waals surface area (Å²) in [6.07, 6.45) is 0.639. The number of nitrogens with two attached hydrogens (primary N) is 1. The molecule has 4 nitrogen and oxygen atoms in total. The minimum Gasteiger partial charge on any atom is -0.352 e. The Hall–Kier alpha value is -2.47. The highest BCUT2D eigenvalue weighted by molar-refractivity contribution is 5.94. The van der Waals surface area contributed by atoms with Crippen LogP contribution in [-0.2, 0) is 6.42 Å². The van der Waals surface area contributed by atoms with E-state index in [1.807, 2.05) is 35.8 Å². The minimum absolute atomic E-state index is 0.0861. The molecule has 0 atom stereocenters. The number of anilines is 1. The normalized spacial score (nSPS) is 10.2. The van der Waals surface area contributed by atoms with Crippen LogP contribution in [0.3, 0.4) is 0 Å². The Kier molecular flexibility index (Phi) is 4.84. The first kappa shape index (κ1) is 14.9. The summed E-state index contributed by atoms with van der Waals surface area (Å²) in [6.45, 7) is 0.378. The summed E-state index contributed by atoms with van der Waals surface area (Å²) < 4.78 is 27.0. The molecule has 4 N–H and O–H groups in total. The summed E-state index contributed by atoms with van der Waals surface area (Å²) in [6, 6.07) is 11.5. The van der Waals surface area contributed by atoms with Gasteiger partial charge in [-0.25, -0.2) is 8.78 Å². The standard InChI is InChI=1S/C15H15F2N3O/c16-12-8-11(9-13(17)14(12)20-18)15(21)19-7-6-10-4-2-1-3-5-10/h1-5,8-9,20H,6-7,18H2,(H,19,21). The van der Waals surface area contributed by atoms with Gasteiger partial charge in [0.15, 0.2) is 11.6 Å². The Labute approximate surface area is 120 Å². The van der Waals surface area contributed by atoms with Gasteiger partial charge in [-0.05, 0) is 24.1 Å². The van der Waals surface area contributed by atoms with E-state index in [9.17, 15) is 13.6 Å². The zero-order valence-corrected chi connectivity index (χ0v) is 11.2. The molecule has 1 amide bonds. The Morgan fingerprint density at radius 2 is 1.71 bits per heavy atom. The molecule has 0 radical (unpaired) electrons. The van der Waals surface area contributed by atoms with Crippen LogP contribution in [-0.4, -0.2) is 12.5 Å². The zero-order valence-electron chi connectivity index (χ0n) is 11.2. The Bertz CT molecular complexity index is 609. The van der Waals surface area contributed by atoms with Crippen molar-refractivity contribution < 1.29 is 13.6 Å². The summed E-state index contributed by atoms with van der Waals surface area (Å²) in [7, 11) is 0. The predicted octanol–water partition coefficient (Wildman–Crippen LogP) is 2.22. The molecule has 0 spiro atoms. The summed E-state index contributed by atoms with van der Waals surface area (Å²) in [5, 5.41) is 2.62. The number of halogens is 2. The topological polar surface area (TPSA) is 67.1 Å². The van der Waals surface area contributed by atoms with Crippen molar-refractivity contribution in [1.82, 2.24) is 5.32 Å². The van der Waals surface area contributed by atoms with Gasteiger partial charge in [0.25, 0.3) is 5.91 Å². The highest BCUT2D eigenvalue weighted by atomic mass is 19.1. The van der Waals surface area contributed by atoms with Crippen LogP contribution in [0.1, 0.15) is 15.9 Å². The second-order valence-corrected chi connectivity index (χ2v) is 4.45. The molecule has 0 unspecified atom stereocenters. The van der Waals surface area contributed by atoms with Crippen LogP contribution in [0.2, 0.25) is 0 Å². The molecule has 6 heteroatoms. The molecule has 0 heterocycles. The lowest BCUT2D eigenvalue weighted by Crippen LogP contribution is -2.26. The molecule has 2 aromatic rings. The third kappa shape index (κ3) is 3.76. The van der Waals surface area contributed by atoms with Crippen LogP contribution >= 0.6 is 0 Å². The van der Waals surface area contributed by atoms with E-state index in [-0.39, 0.29) is 5.56 Å². The average molecular weight is 291 g/mol. The fourth-order valence-electron chi connectivity index (χ4n) is 1.91. The Balaban J connectivity index is 1.98. The lowest BCUT2D eigenvalue weighted by molar-refractivity contribution is 0.0953. The van der Waals surface area contributed by atoms with E-state index in [1.54, 1.807) is 0 Å². The molecular weight excluding hydrogens is 276 g/mol. The summed E-state index contributed by atoms with van der Waals surface area (Å²) in [5.74, 6) is 2.63. The average Bonchev–Trinajstić information content (AvgIpc) is 2.48. The van der Waals surface area contributed by atoms with E-state index >= 15 is 0 Å². The summed E-state index contributed by atoms with van der Waals surface area (Å²) in [4.78, 5) is 11.8. The molecule has 110 valence electrons. The van der Waals surface area contributed by atoms with Crippen molar-refractivity contribution in [2.24, 2.45) is 5.84 Å². The van der Waals surface area contributed by atoms with Gasteiger partial charge in [-0.2, -0.15) is 0 Å². The van der Waals surface area contributed by atoms with Crippen molar-refractivity contribution in [3.63, 3.8) is 0 Å². The van der Waals surface area contributed by atoms with E-state index in [1.165, 1.54) is 0 Å². The van der Waals surface area contributed by atoms with Gasteiger partial charge in [-0.3, -0.25) is 10.6 Å². The molecular formula is C15H15F2N3O. The molecule has 0 aliphatic carbocycles. The molecule has 21 heavy (non-hydrogen) atoms. The van der Waals surface area contributed by atoms with E-state index < -0.39 is 23.2 Å². The first-order valence-corrected chi connectivity index (χ1v) is 6.39. The highest BCUT2D eigenvalue weighted by Crippen LogP contribution is 2.19. The molecule has 0 saturated heterocycles. The van der Waals surface area contributed by atoms with Gasteiger partial charge in [-0.15, -0.1) is 0 Å². The van der Waals surface area contributed by atoms with E-state index in [2.05, 4.69) is 5.32 Å². The van der Waals surface area contributed by atoms with Gasteiger partial charge >= 0.3 is 0 Å². The Morgan fingerprint density at radius 3 is 2.29 bits per heavy atom. The number of hydrazine groups is 1. The maximum absolute atomic E-state index is 13.5. The first-order chi connectivity index (χ1) is 10.1. The largest absolute Gasteiger partial charge is 0.352 e. The van der Waals surface area contributed by atoms with E-state index in [0.29, 0.717) is 13.0 Å². The van der Waals surface area contributed by atoms with Crippen LogP contribution in [0, 0.1) is 11.6 Å². The van der Waals surface area contributed by atoms with Crippen molar-refractivity contribution in [2.75, 3.05) is 12.0 Å². The first-order valence-electron chi connectivity index (χ1n) is 6.39. The van der Waals surface area contributed by atoms with Gasteiger partial charge in [0.1, 0.15) is 5.69 Å². The molecule has 0 fully saturated rings. The number of carbonyl (C=O) groups excluding carboxylic acids is 1. The fraction of sp³-hybridized carbons (Fsp3) is 0.133. The van der Waals surface area contributed by atoms with Gasteiger partial charge in [-0.1, -0.05) is 30.3 Å². The third-order valence-corrected chi connectivity index (χ3v) is 2.99. The number of hydrogen-bond acceptors (Lipinski definition) is 3. The maximum Gasteiger partial charge on any atom is 0.251 e. The van der Waals surface area contributed by atoms with E-state index in [4.69, 9.17) is 5.84 Å². The number of hydrogen-bond donors (Lipinski definition) is 3. The minimum atomic E-state index is -0.911. The Morgan fingerprint density at radius 1 is 1.10 bits per heavy atom. The quantitative estimate of drug-likeness (QED) is 0.584. The number of carbonyl (C=O) groups is 1. The number of rotatable bonds is 5. The SMILES string of the molecule is NNc1c(F)cc(C(=O)NCCc2ccccc2)cc1F. The fourth-order valence-corrected chi connectivity index (χ4v) is 1.91. The van der Waals surface area contributed by atoms with Gasteiger partial charge in [0.2, 0.25) is 0 Å². The summed E-state index contributed by atoms with van der Waals surface area (Å²) in [5.41, 5.74) is 2.43. The molecule has 0 aliphatic rings. The molecule has 0 saturated carbocycles. The van der Waals surface area contributed by atoms with Crippen molar-refractivity contribution in [3.8, 4) is 0 Å². The number of benzene rings is 2. The number of nitrogen functional groups attached to an aromatic ring is 1. The smallest absolute Gasteiger partial charge is 0.251 e.